The summed E-state index contributed by atoms with van der Waals surface area (Å²) in [5.41, 5.74) is 0.117. The second-order valence-electron chi connectivity index (χ2n) is 6.23. The second-order valence-corrected chi connectivity index (χ2v) is 6.23. The molecule has 1 unspecified atom stereocenters. The number of piperidine rings is 1. The molecular formula is C15H28N2O3. The molecule has 0 saturated carbocycles. The first kappa shape index (κ1) is 15.7. The van der Waals surface area contributed by atoms with E-state index in [0.29, 0.717) is 12.3 Å². The zero-order chi connectivity index (χ0) is 14.3. The van der Waals surface area contributed by atoms with Crippen molar-refractivity contribution < 1.29 is 14.3 Å². The highest BCUT2D eigenvalue weighted by atomic mass is 16.5. The Balaban J connectivity index is 1.69. The molecule has 0 spiro atoms. The number of methoxy groups -OCH3 is 1. The molecule has 2 saturated heterocycles. The van der Waals surface area contributed by atoms with E-state index in [4.69, 9.17) is 9.47 Å². The molecule has 2 rings (SSSR count). The highest BCUT2D eigenvalue weighted by Gasteiger charge is 2.32. The van der Waals surface area contributed by atoms with Gasteiger partial charge in [-0.25, -0.2) is 0 Å². The predicted molar refractivity (Wildman–Crippen MR) is 77.6 cm³/mol. The number of hydrogen-bond donors (Lipinski definition) is 2. The lowest BCUT2D eigenvalue weighted by Crippen LogP contribution is -2.47. The van der Waals surface area contributed by atoms with Gasteiger partial charge in [-0.1, -0.05) is 0 Å². The molecule has 2 aliphatic rings. The van der Waals surface area contributed by atoms with Crippen molar-refractivity contribution in [3.63, 3.8) is 0 Å². The zero-order valence-corrected chi connectivity index (χ0v) is 12.6. The van der Waals surface area contributed by atoms with Crippen LogP contribution in [0.3, 0.4) is 0 Å². The van der Waals surface area contributed by atoms with E-state index >= 15 is 0 Å². The van der Waals surface area contributed by atoms with Crippen molar-refractivity contribution in [2.45, 2.75) is 32.1 Å². The first-order valence-electron chi connectivity index (χ1n) is 7.78. The highest BCUT2D eigenvalue weighted by molar-refractivity contribution is 5.75. The molecule has 5 nitrogen and oxygen atoms in total. The van der Waals surface area contributed by atoms with Gasteiger partial charge in [0.2, 0.25) is 5.91 Å². The minimum Gasteiger partial charge on any atom is -0.384 e. The van der Waals surface area contributed by atoms with Crippen molar-refractivity contribution in [1.82, 2.24) is 10.6 Å². The summed E-state index contributed by atoms with van der Waals surface area (Å²) in [4.78, 5) is 12.0. The first-order chi connectivity index (χ1) is 9.74. The Morgan fingerprint density at radius 3 is 2.90 bits per heavy atom. The molecule has 116 valence electrons. The van der Waals surface area contributed by atoms with Crippen LogP contribution >= 0.6 is 0 Å². The van der Waals surface area contributed by atoms with Crippen molar-refractivity contribution in [1.29, 1.82) is 0 Å². The Morgan fingerprint density at radius 1 is 1.45 bits per heavy atom. The van der Waals surface area contributed by atoms with Crippen LogP contribution in [0.5, 0.6) is 0 Å². The van der Waals surface area contributed by atoms with Gasteiger partial charge in [0.25, 0.3) is 0 Å². The Morgan fingerprint density at radius 2 is 2.25 bits per heavy atom. The van der Waals surface area contributed by atoms with Crippen LogP contribution in [0, 0.1) is 11.3 Å². The van der Waals surface area contributed by atoms with Crippen LogP contribution in [0.1, 0.15) is 32.1 Å². The number of nitrogens with one attached hydrogen (secondary N) is 2. The molecule has 0 radical (unpaired) electrons. The monoisotopic (exact) mass is 284 g/mol. The minimum absolute atomic E-state index is 0.117. The van der Waals surface area contributed by atoms with Gasteiger partial charge in [0.1, 0.15) is 0 Å². The van der Waals surface area contributed by atoms with E-state index in [1.165, 1.54) is 0 Å². The summed E-state index contributed by atoms with van der Waals surface area (Å²) in [7, 11) is 1.74. The number of rotatable bonds is 7. The van der Waals surface area contributed by atoms with Gasteiger partial charge in [0.15, 0.2) is 0 Å². The van der Waals surface area contributed by atoms with Gasteiger partial charge in [0.05, 0.1) is 6.61 Å². The molecule has 1 amide bonds. The first-order valence-corrected chi connectivity index (χ1v) is 7.78. The second kappa shape index (κ2) is 7.96. The fourth-order valence-corrected chi connectivity index (χ4v) is 3.16. The van der Waals surface area contributed by atoms with E-state index in [1.807, 2.05) is 0 Å². The summed E-state index contributed by atoms with van der Waals surface area (Å²) in [6.45, 7) is 5.17. The molecule has 0 aromatic heterocycles. The lowest BCUT2D eigenvalue weighted by molar-refractivity contribution is -0.122. The van der Waals surface area contributed by atoms with Crippen molar-refractivity contribution >= 4 is 5.91 Å². The molecule has 20 heavy (non-hydrogen) atoms. The average molecular weight is 284 g/mol. The maximum absolute atomic E-state index is 12.0. The van der Waals surface area contributed by atoms with E-state index in [-0.39, 0.29) is 11.3 Å². The minimum atomic E-state index is 0.117. The van der Waals surface area contributed by atoms with Gasteiger partial charge in [-0.3, -0.25) is 4.79 Å². The number of carbonyl (C=O) groups is 1. The fourth-order valence-electron chi connectivity index (χ4n) is 3.16. The summed E-state index contributed by atoms with van der Waals surface area (Å²) < 4.78 is 10.7. The topological polar surface area (TPSA) is 59.6 Å². The van der Waals surface area contributed by atoms with Gasteiger partial charge < -0.3 is 20.1 Å². The molecular weight excluding hydrogens is 256 g/mol. The van der Waals surface area contributed by atoms with Crippen LogP contribution in [-0.4, -0.2) is 52.5 Å². The third-order valence-corrected chi connectivity index (χ3v) is 4.58. The van der Waals surface area contributed by atoms with Crippen molar-refractivity contribution in [3.8, 4) is 0 Å². The molecule has 2 fully saturated rings. The fraction of sp³-hybridized carbons (Fsp3) is 0.933. The molecule has 0 bridgehead atoms. The van der Waals surface area contributed by atoms with Crippen LogP contribution in [0.25, 0.3) is 0 Å². The summed E-state index contributed by atoms with van der Waals surface area (Å²) in [5.74, 6) is 0.749. The summed E-state index contributed by atoms with van der Waals surface area (Å²) in [6.07, 6.45) is 4.81. The van der Waals surface area contributed by atoms with Crippen LogP contribution in [-0.2, 0) is 14.3 Å². The third-order valence-electron chi connectivity index (χ3n) is 4.58. The molecule has 2 N–H and O–H groups in total. The molecule has 2 aliphatic heterocycles. The normalized spacial score (nSPS) is 25.6. The van der Waals surface area contributed by atoms with Crippen LogP contribution in [0.4, 0.5) is 0 Å². The van der Waals surface area contributed by atoms with Crippen LogP contribution in [0.2, 0.25) is 0 Å². The SMILES string of the molecule is COCC1(CNC(=O)CCC2CCOC2)CCNCC1. The molecule has 0 aliphatic carbocycles. The number of amides is 1. The Kier molecular flexibility index (Phi) is 6.26. The number of hydrogen-bond acceptors (Lipinski definition) is 4. The van der Waals surface area contributed by atoms with Crippen molar-refractivity contribution in [2.24, 2.45) is 11.3 Å². The lowest BCUT2D eigenvalue weighted by atomic mass is 9.79. The largest absolute Gasteiger partial charge is 0.384 e. The van der Waals surface area contributed by atoms with E-state index < -0.39 is 0 Å². The predicted octanol–water partition coefficient (Wildman–Crippen LogP) is 0.935. The molecule has 0 aromatic rings. The Labute approximate surface area is 121 Å². The summed E-state index contributed by atoms with van der Waals surface area (Å²) in [6, 6.07) is 0. The van der Waals surface area contributed by atoms with Crippen LogP contribution in [0.15, 0.2) is 0 Å². The van der Waals surface area contributed by atoms with Crippen molar-refractivity contribution in [2.75, 3.05) is 46.6 Å². The van der Waals surface area contributed by atoms with E-state index in [2.05, 4.69) is 10.6 Å². The summed E-state index contributed by atoms with van der Waals surface area (Å²) >= 11 is 0. The quantitative estimate of drug-likeness (QED) is 0.730. The van der Waals surface area contributed by atoms with Gasteiger partial charge >= 0.3 is 0 Å². The maximum Gasteiger partial charge on any atom is 0.220 e. The smallest absolute Gasteiger partial charge is 0.220 e. The number of ether oxygens (including phenoxy) is 2. The third kappa shape index (κ3) is 4.72. The molecule has 0 aromatic carbocycles. The molecule has 2 heterocycles. The molecule has 5 heteroatoms. The van der Waals surface area contributed by atoms with E-state index in [1.54, 1.807) is 7.11 Å². The Bertz CT molecular complexity index is 292. The maximum atomic E-state index is 12.0. The van der Waals surface area contributed by atoms with Gasteiger partial charge in [-0.2, -0.15) is 0 Å². The lowest BCUT2D eigenvalue weighted by Gasteiger charge is -2.37. The average Bonchev–Trinajstić information content (AvgIpc) is 2.98. The van der Waals surface area contributed by atoms with Crippen LogP contribution < -0.4 is 10.6 Å². The highest BCUT2D eigenvalue weighted by Crippen LogP contribution is 2.28. The van der Waals surface area contributed by atoms with Gasteiger partial charge in [-0.15, -0.1) is 0 Å². The number of carbonyl (C=O) groups excluding carboxylic acids is 1. The molecule has 1 atom stereocenters. The van der Waals surface area contributed by atoms with E-state index in [0.717, 1.165) is 65.1 Å². The standard InChI is InChI=1S/C15H28N2O3/c1-19-12-15(5-7-16-8-6-15)11-17-14(18)3-2-13-4-9-20-10-13/h13,16H,2-12H2,1H3,(H,17,18). The summed E-state index contributed by atoms with van der Waals surface area (Å²) in [5, 5.41) is 6.48. The van der Waals surface area contributed by atoms with Gasteiger partial charge in [0, 0.05) is 38.7 Å². The Hall–Kier alpha value is -0.650. The van der Waals surface area contributed by atoms with Crippen molar-refractivity contribution in [3.05, 3.63) is 0 Å². The van der Waals surface area contributed by atoms with Gasteiger partial charge in [-0.05, 0) is 44.7 Å². The van der Waals surface area contributed by atoms with E-state index in [9.17, 15) is 4.79 Å². The zero-order valence-electron chi connectivity index (χ0n) is 12.6.